The second-order valence-electron chi connectivity index (χ2n) is 2.81. The fourth-order valence-corrected chi connectivity index (χ4v) is 1.19. The van der Waals surface area contributed by atoms with Crippen molar-refractivity contribution < 1.29 is 4.52 Å². The van der Waals surface area contributed by atoms with Crippen LogP contribution in [-0.4, -0.2) is 15.1 Å². The highest BCUT2D eigenvalue weighted by Crippen LogP contribution is 2.13. The van der Waals surface area contributed by atoms with E-state index >= 15 is 0 Å². The van der Waals surface area contributed by atoms with Gasteiger partial charge in [-0.2, -0.15) is 4.98 Å². The Morgan fingerprint density at radius 2 is 2.21 bits per heavy atom. The maximum absolute atomic E-state index is 5.54. The highest BCUT2D eigenvalue weighted by Gasteiger charge is 2.08. The van der Waals surface area contributed by atoms with Crippen LogP contribution >= 0.6 is 11.6 Å². The van der Waals surface area contributed by atoms with Crippen LogP contribution in [-0.2, 0) is 5.88 Å². The lowest BCUT2D eigenvalue weighted by molar-refractivity contribution is 0.391. The largest absolute Gasteiger partial charge is 0.338 e. The summed E-state index contributed by atoms with van der Waals surface area (Å²) in [5.74, 6) is 1.10. The van der Waals surface area contributed by atoms with E-state index in [2.05, 4.69) is 15.1 Å². The highest BCUT2D eigenvalue weighted by atomic mass is 35.5. The van der Waals surface area contributed by atoms with Crippen molar-refractivity contribution in [2.45, 2.75) is 12.8 Å². The van der Waals surface area contributed by atoms with Gasteiger partial charge in [-0.15, -0.1) is 11.6 Å². The number of hydrogen-bond donors (Lipinski definition) is 0. The highest BCUT2D eigenvalue weighted by molar-refractivity contribution is 6.16. The molecule has 0 saturated carbocycles. The van der Waals surface area contributed by atoms with Crippen LogP contribution in [0.25, 0.3) is 11.5 Å². The quantitative estimate of drug-likeness (QED) is 0.712. The molecule has 0 aliphatic rings. The van der Waals surface area contributed by atoms with Gasteiger partial charge in [0.05, 0.1) is 0 Å². The lowest BCUT2D eigenvalue weighted by Gasteiger charge is -1.93. The van der Waals surface area contributed by atoms with Crippen molar-refractivity contribution in [2.75, 3.05) is 0 Å². The maximum atomic E-state index is 5.54. The summed E-state index contributed by atoms with van der Waals surface area (Å²) in [4.78, 5) is 8.33. The molecule has 2 heterocycles. The van der Waals surface area contributed by atoms with E-state index in [1.165, 1.54) is 0 Å². The molecule has 0 aliphatic carbocycles. The molecule has 72 valence electrons. The number of aromatic nitrogens is 3. The van der Waals surface area contributed by atoms with Gasteiger partial charge in [-0.1, -0.05) is 11.2 Å². The van der Waals surface area contributed by atoms with E-state index in [0.717, 1.165) is 5.69 Å². The number of rotatable bonds is 2. The molecule has 0 fully saturated rings. The van der Waals surface area contributed by atoms with Gasteiger partial charge in [0.2, 0.25) is 11.7 Å². The van der Waals surface area contributed by atoms with Gasteiger partial charge < -0.3 is 4.52 Å². The Balaban J connectivity index is 2.39. The minimum Gasteiger partial charge on any atom is -0.338 e. The molecule has 0 bridgehead atoms. The molecule has 2 aromatic rings. The van der Waals surface area contributed by atoms with Gasteiger partial charge in [0.15, 0.2) is 0 Å². The molecular formula is C9H8ClN3O. The monoisotopic (exact) mass is 209 g/mol. The Bertz CT molecular complexity index is 441. The van der Waals surface area contributed by atoms with Crippen molar-refractivity contribution >= 4 is 11.6 Å². The predicted octanol–water partition coefficient (Wildman–Crippen LogP) is 2.18. The van der Waals surface area contributed by atoms with E-state index in [0.29, 0.717) is 17.4 Å². The summed E-state index contributed by atoms with van der Waals surface area (Å²) < 4.78 is 4.88. The number of alkyl halides is 1. The number of pyridine rings is 1. The smallest absolute Gasteiger partial charge is 0.241 e. The first-order valence-corrected chi connectivity index (χ1v) is 4.65. The molecule has 2 rings (SSSR count). The third-order valence-electron chi connectivity index (χ3n) is 1.70. The van der Waals surface area contributed by atoms with Crippen LogP contribution in [0.1, 0.15) is 11.6 Å². The average molecular weight is 210 g/mol. The molecule has 0 spiro atoms. The van der Waals surface area contributed by atoms with Gasteiger partial charge >= 0.3 is 0 Å². The van der Waals surface area contributed by atoms with Gasteiger partial charge in [0.1, 0.15) is 11.6 Å². The summed E-state index contributed by atoms with van der Waals surface area (Å²) >= 11 is 5.54. The van der Waals surface area contributed by atoms with Crippen molar-refractivity contribution in [3.63, 3.8) is 0 Å². The third kappa shape index (κ3) is 1.75. The van der Waals surface area contributed by atoms with Gasteiger partial charge in [-0.25, -0.2) is 4.98 Å². The first kappa shape index (κ1) is 9.15. The predicted molar refractivity (Wildman–Crippen MR) is 51.8 cm³/mol. The van der Waals surface area contributed by atoms with Crippen LogP contribution < -0.4 is 0 Å². The summed E-state index contributed by atoms with van der Waals surface area (Å²) in [7, 11) is 0. The molecule has 0 saturated heterocycles. The fraction of sp³-hybridized carbons (Fsp3) is 0.222. The van der Waals surface area contributed by atoms with Crippen molar-refractivity contribution in [3.05, 3.63) is 29.8 Å². The molecule has 5 heteroatoms. The van der Waals surface area contributed by atoms with E-state index in [4.69, 9.17) is 16.1 Å². The van der Waals surface area contributed by atoms with Crippen LogP contribution in [0.5, 0.6) is 0 Å². The lowest BCUT2D eigenvalue weighted by Crippen LogP contribution is -1.88. The van der Waals surface area contributed by atoms with Crippen LogP contribution in [0.2, 0.25) is 0 Å². The molecule has 0 aliphatic heterocycles. The Labute approximate surface area is 85.9 Å². The molecule has 0 unspecified atom stereocenters. The molecule has 4 nitrogen and oxygen atoms in total. The first-order chi connectivity index (χ1) is 6.79. The van der Waals surface area contributed by atoms with Crippen molar-refractivity contribution in [3.8, 4) is 11.5 Å². The van der Waals surface area contributed by atoms with Crippen molar-refractivity contribution in [2.24, 2.45) is 0 Å². The number of halogens is 1. The Kier molecular flexibility index (Phi) is 2.45. The SMILES string of the molecule is Cc1cccc(-c2noc(CCl)n2)n1. The summed E-state index contributed by atoms with van der Waals surface area (Å²) in [6.45, 7) is 1.91. The Morgan fingerprint density at radius 1 is 1.36 bits per heavy atom. The lowest BCUT2D eigenvalue weighted by atomic mass is 10.3. The molecular weight excluding hydrogens is 202 g/mol. The zero-order valence-corrected chi connectivity index (χ0v) is 8.32. The second-order valence-corrected chi connectivity index (χ2v) is 3.08. The Morgan fingerprint density at radius 3 is 2.86 bits per heavy atom. The summed E-state index contributed by atoms with van der Waals surface area (Å²) in [5.41, 5.74) is 1.62. The van der Waals surface area contributed by atoms with Gasteiger partial charge in [-0.3, -0.25) is 0 Å². The minimum atomic E-state index is 0.221. The van der Waals surface area contributed by atoms with Crippen LogP contribution in [0, 0.1) is 6.92 Å². The molecule has 0 radical (unpaired) electrons. The number of aryl methyl sites for hydroxylation is 1. The molecule has 0 N–H and O–H groups in total. The topological polar surface area (TPSA) is 51.8 Å². The van der Waals surface area contributed by atoms with Gasteiger partial charge in [0, 0.05) is 5.69 Å². The van der Waals surface area contributed by atoms with Gasteiger partial charge in [-0.05, 0) is 19.1 Å². The zero-order chi connectivity index (χ0) is 9.97. The summed E-state index contributed by atoms with van der Waals surface area (Å²) in [6, 6.07) is 5.64. The van der Waals surface area contributed by atoms with Crippen molar-refractivity contribution in [1.82, 2.24) is 15.1 Å². The number of nitrogens with zero attached hydrogens (tertiary/aromatic N) is 3. The van der Waals surface area contributed by atoms with Crippen LogP contribution in [0.15, 0.2) is 22.7 Å². The van der Waals surface area contributed by atoms with Crippen LogP contribution in [0.3, 0.4) is 0 Å². The maximum Gasteiger partial charge on any atom is 0.241 e. The average Bonchev–Trinajstić information content (AvgIpc) is 2.66. The summed E-state index contributed by atoms with van der Waals surface area (Å²) in [6.07, 6.45) is 0. The van der Waals surface area contributed by atoms with E-state index in [-0.39, 0.29) is 5.88 Å². The second kappa shape index (κ2) is 3.75. The number of hydrogen-bond acceptors (Lipinski definition) is 4. The van der Waals surface area contributed by atoms with Crippen LogP contribution in [0.4, 0.5) is 0 Å². The van der Waals surface area contributed by atoms with Gasteiger partial charge in [0.25, 0.3) is 0 Å². The minimum absolute atomic E-state index is 0.221. The standard InChI is InChI=1S/C9H8ClN3O/c1-6-3-2-4-7(11-6)9-12-8(5-10)14-13-9/h2-4H,5H2,1H3. The first-order valence-electron chi connectivity index (χ1n) is 4.12. The molecule has 2 aromatic heterocycles. The summed E-state index contributed by atoms with van der Waals surface area (Å²) in [5, 5.41) is 3.77. The van der Waals surface area contributed by atoms with E-state index in [1.807, 2.05) is 25.1 Å². The van der Waals surface area contributed by atoms with E-state index < -0.39 is 0 Å². The Hall–Kier alpha value is -1.42. The molecule has 0 aromatic carbocycles. The molecule has 14 heavy (non-hydrogen) atoms. The van der Waals surface area contributed by atoms with E-state index in [9.17, 15) is 0 Å². The normalized spacial score (nSPS) is 10.4. The zero-order valence-electron chi connectivity index (χ0n) is 7.57. The van der Waals surface area contributed by atoms with E-state index in [1.54, 1.807) is 0 Å². The molecule has 0 atom stereocenters. The van der Waals surface area contributed by atoms with Crippen molar-refractivity contribution in [1.29, 1.82) is 0 Å². The molecule has 0 amide bonds. The fourth-order valence-electron chi connectivity index (χ4n) is 1.08. The third-order valence-corrected chi connectivity index (χ3v) is 1.93.